The molecule has 0 radical (unpaired) electrons. The van der Waals surface area contributed by atoms with Crippen molar-refractivity contribution < 1.29 is 4.39 Å². The molecule has 0 N–H and O–H groups in total. The number of fused-ring (bicyclic) bond motifs is 1. The monoisotopic (exact) mass is 202 g/mol. The van der Waals surface area contributed by atoms with Crippen LogP contribution in [0.25, 0.3) is 11.0 Å². The third-order valence-electron chi connectivity index (χ3n) is 2.59. The maximum atomic E-state index is 13.4. The Labute approximate surface area is 84.9 Å². The van der Waals surface area contributed by atoms with E-state index >= 15 is 0 Å². The standard InChI is InChI=1S/C10H7FN4/c11-8-3-4-9-10(7(8)5-12)15(14-13-9)6-1-2-6/h3-4,6H,1-2H2. The zero-order valence-corrected chi connectivity index (χ0v) is 7.81. The molecule has 5 heteroatoms. The zero-order chi connectivity index (χ0) is 10.4. The first kappa shape index (κ1) is 8.36. The van der Waals surface area contributed by atoms with Crippen molar-refractivity contribution in [1.29, 1.82) is 5.26 Å². The van der Waals surface area contributed by atoms with Gasteiger partial charge in [-0.1, -0.05) is 5.21 Å². The fourth-order valence-electron chi connectivity index (χ4n) is 1.69. The van der Waals surface area contributed by atoms with Crippen molar-refractivity contribution in [2.45, 2.75) is 18.9 Å². The number of rotatable bonds is 1. The van der Waals surface area contributed by atoms with Gasteiger partial charge in [-0.15, -0.1) is 5.10 Å². The summed E-state index contributed by atoms with van der Waals surface area (Å²) in [7, 11) is 0. The van der Waals surface area contributed by atoms with Gasteiger partial charge in [0.25, 0.3) is 0 Å². The fraction of sp³-hybridized carbons (Fsp3) is 0.300. The SMILES string of the molecule is N#Cc1c(F)ccc2nnn(C3CC3)c12. The van der Waals surface area contributed by atoms with Crippen molar-refractivity contribution in [3.8, 4) is 6.07 Å². The second-order valence-corrected chi connectivity index (χ2v) is 3.67. The summed E-state index contributed by atoms with van der Waals surface area (Å²) in [6.45, 7) is 0. The molecule has 4 nitrogen and oxygen atoms in total. The number of hydrogen-bond acceptors (Lipinski definition) is 3. The van der Waals surface area contributed by atoms with Crippen molar-refractivity contribution in [3.63, 3.8) is 0 Å². The number of aromatic nitrogens is 3. The molecule has 1 aromatic carbocycles. The van der Waals surface area contributed by atoms with E-state index in [1.807, 2.05) is 6.07 Å². The van der Waals surface area contributed by atoms with Gasteiger partial charge in [-0.3, -0.25) is 0 Å². The predicted molar refractivity (Wildman–Crippen MR) is 50.5 cm³/mol. The van der Waals surface area contributed by atoms with Crippen LogP contribution in [0.5, 0.6) is 0 Å². The molecule has 2 aromatic rings. The van der Waals surface area contributed by atoms with Crippen LogP contribution in [0, 0.1) is 17.1 Å². The van der Waals surface area contributed by atoms with Gasteiger partial charge in [-0.05, 0) is 25.0 Å². The minimum atomic E-state index is -0.505. The highest BCUT2D eigenvalue weighted by Crippen LogP contribution is 2.37. The van der Waals surface area contributed by atoms with E-state index in [2.05, 4.69) is 10.3 Å². The number of nitriles is 1. The van der Waals surface area contributed by atoms with Crippen LogP contribution in [0.4, 0.5) is 4.39 Å². The molecule has 1 heterocycles. The van der Waals surface area contributed by atoms with Gasteiger partial charge in [-0.25, -0.2) is 9.07 Å². The maximum absolute atomic E-state index is 13.4. The molecule has 1 aliphatic rings. The van der Waals surface area contributed by atoms with Crippen LogP contribution in [-0.4, -0.2) is 15.0 Å². The van der Waals surface area contributed by atoms with Crippen molar-refractivity contribution in [1.82, 2.24) is 15.0 Å². The summed E-state index contributed by atoms with van der Waals surface area (Å²) in [4.78, 5) is 0. The maximum Gasteiger partial charge on any atom is 0.143 e. The average molecular weight is 202 g/mol. The molecule has 0 unspecified atom stereocenters. The lowest BCUT2D eigenvalue weighted by molar-refractivity contribution is 0.613. The van der Waals surface area contributed by atoms with Crippen molar-refractivity contribution >= 4 is 11.0 Å². The quantitative estimate of drug-likeness (QED) is 0.708. The third-order valence-corrected chi connectivity index (χ3v) is 2.59. The van der Waals surface area contributed by atoms with Crippen LogP contribution >= 0.6 is 0 Å². The van der Waals surface area contributed by atoms with Gasteiger partial charge in [0.1, 0.15) is 28.5 Å². The minimum Gasteiger partial charge on any atom is -0.240 e. The van der Waals surface area contributed by atoms with E-state index in [0.29, 0.717) is 17.1 Å². The lowest BCUT2D eigenvalue weighted by Crippen LogP contribution is -1.98. The van der Waals surface area contributed by atoms with Crippen LogP contribution in [0.2, 0.25) is 0 Å². The third kappa shape index (κ3) is 1.11. The zero-order valence-electron chi connectivity index (χ0n) is 7.81. The van der Waals surface area contributed by atoms with E-state index in [1.165, 1.54) is 6.07 Å². The highest BCUT2D eigenvalue weighted by Gasteiger charge is 2.28. The summed E-state index contributed by atoms with van der Waals surface area (Å²) >= 11 is 0. The molecule has 74 valence electrons. The van der Waals surface area contributed by atoms with Crippen LogP contribution in [-0.2, 0) is 0 Å². The van der Waals surface area contributed by atoms with Crippen molar-refractivity contribution in [2.24, 2.45) is 0 Å². The van der Waals surface area contributed by atoms with E-state index in [-0.39, 0.29) is 5.56 Å². The van der Waals surface area contributed by atoms with E-state index in [1.54, 1.807) is 10.7 Å². The lowest BCUT2D eigenvalue weighted by Gasteiger charge is -2.00. The largest absolute Gasteiger partial charge is 0.240 e. The molecule has 3 rings (SSSR count). The molecule has 0 saturated heterocycles. The molecular formula is C10H7FN4. The number of hydrogen-bond donors (Lipinski definition) is 0. The van der Waals surface area contributed by atoms with E-state index < -0.39 is 5.82 Å². The summed E-state index contributed by atoms with van der Waals surface area (Å²) in [5, 5.41) is 16.8. The summed E-state index contributed by atoms with van der Waals surface area (Å²) in [5.74, 6) is -0.505. The van der Waals surface area contributed by atoms with Gasteiger partial charge in [0.15, 0.2) is 0 Å². The molecule has 1 saturated carbocycles. The summed E-state index contributed by atoms with van der Waals surface area (Å²) in [6.07, 6.45) is 2.06. The molecule has 1 aliphatic carbocycles. The topological polar surface area (TPSA) is 54.5 Å². The summed E-state index contributed by atoms with van der Waals surface area (Å²) in [5.41, 5.74) is 1.16. The fourth-order valence-corrected chi connectivity index (χ4v) is 1.69. The highest BCUT2D eigenvalue weighted by molar-refractivity contribution is 5.81. The Morgan fingerprint density at radius 2 is 2.27 bits per heavy atom. The molecule has 1 aromatic heterocycles. The van der Waals surface area contributed by atoms with Gasteiger partial charge in [0.2, 0.25) is 0 Å². The Morgan fingerprint density at radius 3 is 2.93 bits per heavy atom. The van der Waals surface area contributed by atoms with E-state index in [4.69, 9.17) is 5.26 Å². The number of nitrogens with zero attached hydrogens (tertiary/aromatic N) is 4. The van der Waals surface area contributed by atoms with Crippen LogP contribution in [0.15, 0.2) is 12.1 Å². The molecule has 0 atom stereocenters. The number of halogens is 1. The molecule has 0 aliphatic heterocycles. The Hall–Kier alpha value is -1.96. The molecule has 1 fully saturated rings. The van der Waals surface area contributed by atoms with Crippen LogP contribution in [0.1, 0.15) is 24.4 Å². The first-order valence-corrected chi connectivity index (χ1v) is 4.75. The Kier molecular flexibility index (Phi) is 1.54. The summed E-state index contributed by atoms with van der Waals surface area (Å²) in [6, 6.07) is 4.98. The van der Waals surface area contributed by atoms with Gasteiger partial charge >= 0.3 is 0 Å². The first-order valence-electron chi connectivity index (χ1n) is 4.75. The lowest BCUT2D eigenvalue weighted by atomic mass is 10.2. The minimum absolute atomic E-state index is 0.0457. The highest BCUT2D eigenvalue weighted by atomic mass is 19.1. The molecule has 0 spiro atoms. The molecule has 0 bridgehead atoms. The van der Waals surface area contributed by atoms with Gasteiger partial charge in [-0.2, -0.15) is 5.26 Å². The Balaban J connectivity index is 2.39. The van der Waals surface area contributed by atoms with E-state index in [9.17, 15) is 4.39 Å². The average Bonchev–Trinajstić information content (AvgIpc) is 2.99. The number of benzene rings is 1. The molecular weight excluding hydrogens is 195 g/mol. The van der Waals surface area contributed by atoms with Crippen molar-refractivity contribution in [2.75, 3.05) is 0 Å². The van der Waals surface area contributed by atoms with Gasteiger partial charge < -0.3 is 0 Å². The smallest absolute Gasteiger partial charge is 0.143 e. The first-order chi connectivity index (χ1) is 7.31. The van der Waals surface area contributed by atoms with Gasteiger partial charge in [0, 0.05) is 0 Å². The van der Waals surface area contributed by atoms with Crippen molar-refractivity contribution in [3.05, 3.63) is 23.5 Å². The second kappa shape index (κ2) is 2.76. The normalized spacial score (nSPS) is 15.5. The second-order valence-electron chi connectivity index (χ2n) is 3.67. The summed E-state index contributed by atoms with van der Waals surface area (Å²) < 4.78 is 15.0. The Bertz CT molecular complexity index is 577. The molecule has 0 amide bonds. The van der Waals surface area contributed by atoms with Crippen LogP contribution < -0.4 is 0 Å². The Morgan fingerprint density at radius 1 is 1.47 bits per heavy atom. The molecule has 15 heavy (non-hydrogen) atoms. The van der Waals surface area contributed by atoms with Crippen LogP contribution in [0.3, 0.4) is 0 Å². The van der Waals surface area contributed by atoms with E-state index in [0.717, 1.165) is 12.8 Å². The van der Waals surface area contributed by atoms with Gasteiger partial charge in [0.05, 0.1) is 6.04 Å². The predicted octanol–water partition coefficient (Wildman–Crippen LogP) is 1.78.